The first-order valence-electron chi connectivity index (χ1n) is 4.17. The maximum absolute atomic E-state index is 11.4. The van der Waals surface area contributed by atoms with Gasteiger partial charge in [0, 0.05) is 11.9 Å². The molecule has 0 saturated carbocycles. The lowest BCUT2D eigenvalue weighted by molar-refractivity contribution is -0.114. The number of likely N-dealkylation sites (N-methyl/N-ethyl adjacent to an activating group) is 1. The zero-order valence-corrected chi connectivity index (χ0v) is 10.3. The van der Waals surface area contributed by atoms with Crippen LogP contribution in [0.25, 0.3) is 6.08 Å². The molecule has 0 fully saturated rings. The van der Waals surface area contributed by atoms with Crippen LogP contribution in [-0.4, -0.2) is 23.8 Å². The number of halogens is 1. The lowest BCUT2D eigenvalue weighted by atomic mass is 10.3. The maximum atomic E-state index is 11.4. The van der Waals surface area contributed by atoms with Crippen LogP contribution in [0, 0.1) is 0 Å². The van der Waals surface area contributed by atoms with E-state index in [1.807, 2.05) is 12.1 Å². The molecule has 78 valence electrons. The summed E-state index contributed by atoms with van der Waals surface area (Å²) in [5.41, 5.74) is 6.03. The Hall–Kier alpha value is -1.14. The molecule has 0 bridgehead atoms. The topological polar surface area (TPSA) is 58.7 Å². The van der Waals surface area contributed by atoms with Gasteiger partial charge >= 0.3 is 0 Å². The van der Waals surface area contributed by atoms with Gasteiger partial charge in [0.05, 0.1) is 3.79 Å². The van der Waals surface area contributed by atoms with Crippen LogP contribution in [0.2, 0.25) is 0 Å². The molecule has 0 spiro atoms. The van der Waals surface area contributed by atoms with Crippen molar-refractivity contribution >= 4 is 45.2 Å². The molecule has 1 aromatic rings. The first-order chi connectivity index (χ1) is 7.08. The van der Waals surface area contributed by atoms with Gasteiger partial charge in [0.2, 0.25) is 5.96 Å². The summed E-state index contributed by atoms with van der Waals surface area (Å²) in [6.07, 6.45) is 1.78. The SMILES string of the molecule is CN1C(N)=NC(=O)/C1=C/c1ccc(Br)s1. The number of thiophene rings is 1. The highest BCUT2D eigenvalue weighted by molar-refractivity contribution is 9.11. The summed E-state index contributed by atoms with van der Waals surface area (Å²) in [5.74, 6) is -0.0543. The number of hydrogen-bond donors (Lipinski definition) is 1. The summed E-state index contributed by atoms with van der Waals surface area (Å²) in [4.78, 5) is 17.6. The van der Waals surface area contributed by atoms with Crippen molar-refractivity contribution in [1.82, 2.24) is 4.90 Å². The third kappa shape index (κ3) is 1.95. The monoisotopic (exact) mass is 285 g/mol. The van der Waals surface area contributed by atoms with Gasteiger partial charge in [-0.1, -0.05) is 0 Å². The predicted molar refractivity (Wildman–Crippen MR) is 64.4 cm³/mol. The highest BCUT2D eigenvalue weighted by Gasteiger charge is 2.24. The average Bonchev–Trinajstić information content (AvgIpc) is 2.67. The van der Waals surface area contributed by atoms with E-state index in [2.05, 4.69) is 20.9 Å². The van der Waals surface area contributed by atoms with E-state index in [0.29, 0.717) is 5.70 Å². The third-order valence-electron chi connectivity index (χ3n) is 2.01. The van der Waals surface area contributed by atoms with Crippen molar-refractivity contribution in [2.75, 3.05) is 7.05 Å². The van der Waals surface area contributed by atoms with E-state index in [1.165, 1.54) is 0 Å². The van der Waals surface area contributed by atoms with Gasteiger partial charge in [-0.3, -0.25) is 4.79 Å². The number of carbonyl (C=O) groups excluding carboxylic acids is 1. The molecule has 1 aliphatic heterocycles. The fourth-order valence-corrected chi connectivity index (χ4v) is 2.56. The molecule has 1 amide bonds. The Bertz CT molecular complexity index is 477. The predicted octanol–water partition coefficient (Wildman–Crippen LogP) is 1.64. The summed E-state index contributed by atoms with van der Waals surface area (Å²) in [6, 6.07) is 3.86. The van der Waals surface area contributed by atoms with Gasteiger partial charge in [0.25, 0.3) is 5.91 Å². The van der Waals surface area contributed by atoms with Crippen LogP contribution in [0.1, 0.15) is 4.88 Å². The molecule has 0 radical (unpaired) electrons. The second kappa shape index (κ2) is 3.79. The smallest absolute Gasteiger partial charge is 0.296 e. The second-order valence-corrected chi connectivity index (χ2v) is 5.50. The molecular weight excluding hydrogens is 278 g/mol. The van der Waals surface area contributed by atoms with Gasteiger partial charge in [0.1, 0.15) is 5.70 Å². The van der Waals surface area contributed by atoms with Gasteiger partial charge in [-0.2, -0.15) is 4.99 Å². The van der Waals surface area contributed by atoms with E-state index in [0.717, 1.165) is 8.66 Å². The zero-order valence-electron chi connectivity index (χ0n) is 7.90. The van der Waals surface area contributed by atoms with Crippen molar-refractivity contribution in [3.63, 3.8) is 0 Å². The van der Waals surface area contributed by atoms with Crippen molar-refractivity contribution in [3.8, 4) is 0 Å². The number of amides is 1. The minimum Gasteiger partial charge on any atom is -0.369 e. The number of nitrogens with zero attached hydrogens (tertiary/aromatic N) is 2. The van der Waals surface area contributed by atoms with Crippen molar-refractivity contribution in [2.45, 2.75) is 0 Å². The fraction of sp³-hybridized carbons (Fsp3) is 0.111. The zero-order chi connectivity index (χ0) is 11.0. The van der Waals surface area contributed by atoms with Crippen LogP contribution in [0.4, 0.5) is 0 Å². The van der Waals surface area contributed by atoms with Crippen molar-refractivity contribution in [2.24, 2.45) is 10.7 Å². The van der Waals surface area contributed by atoms with Crippen molar-refractivity contribution in [3.05, 3.63) is 26.5 Å². The Labute approximate surface area is 99.2 Å². The van der Waals surface area contributed by atoms with Gasteiger partial charge in [0.15, 0.2) is 0 Å². The maximum Gasteiger partial charge on any atom is 0.296 e. The number of aliphatic imine (C=N–C) groups is 1. The quantitative estimate of drug-likeness (QED) is 0.798. The summed E-state index contributed by atoms with van der Waals surface area (Å²) in [7, 11) is 1.72. The minimum atomic E-state index is -0.292. The van der Waals surface area contributed by atoms with E-state index in [4.69, 9.17) is 5.73 Å². The van der Waals surface area contributed by atoms with Crippen LogP contribution in [-0.2, 0) is 4.79 Å². The normalized spacial score (nSPS) is 18.8. The van der Waals surface area contributed by atoms with Gasteiger partial charge < -0.3 is 10.6 Å². The molecule has 0 aromatic carbocycles. The first-order valence-corrected chi connectivity index (χ1v) is 5.78. The Kier molecular flexibility index (Phi) is 2.62. The van der Waals surface area contributed by atoms with E-state index in [-0.39, 0.29) is 11.9 Å². The van der Waals surface area contributed by atoms with Crippen LogP contribution in [0.5, 0.6) is 0 Å². The summed E-state index contributed by atoms with van der Waals surface area (Å²) in [6.45, 7) is 0. The average molecular weight is 286 g/mol. The lowest BCUT2D eigenvalue weighted by Crippen LogP contribution is -2.28. The van der Waals surface area contributed by atoms with Crippen LogP contribution < -0.4 is 5.73 Å². The molecule has 15 heavy (non-hydrogen) atoms. The summed E-state index contributed by atoms with van der Waals surface area (Å²) in [5, 5.41) is 0. The van der Waals surface area contributed by atoms with E-state index in [9.17, 15) is 4.79 Å². The Morgan fingerprint density at radius 1 is 1.60 bits per heavy atom. The lowest BCUT2D eigenvalue weighted by Gasteiger charge is -2.10. The molecular formula is C9H8BrN3OS. The van der Waals surface area contributed by atoms with Crippen LogP contribution >= 0.6 is 27.3 Å². The highest BCUT2D eigenvalue weighted by Crippen LogP contribution is 2.25. The second-order valence-electron chi connectivity index (χ2n) is 3.01. The van der Waals surface area contributed by atoms with Crippen LogP contribution in [0.15, 0.2) is 26.6 Å². The summed E-state index contributed by atoms with van der Waals surface area (Å²) < 4.78 is 1.02. The van der Waals surface area contributed by atoms with E-state index >= 15 is 0 Å². The molecule has 6 heteroatoms. The van der Waals surface area contributed by atoms with Gasteiger partial charge in [-0.15, -0.1) is 11.3 Å². The molecule has 1 aromatic heterocycles. The van der Waals surface area contributed by atoms with E-state index in [1.54, 1.807) is 29.4 Å². The Balaban J connectivity index is 2.33. The molecule has 2 rings (SSSR count). The third-order valence-corrected chi connectivity index (χ3v) is 3.58. The molecule has 2 N–H and O–H groups in total. The summed E-state index contributed by atoms with van der Waals surface area (Å²) >= 11 is 4.91. The largest absolute Gasteiger partial charge is 0.369 e. The minimum absolute atomic E-state index is 0.238. The Morgan fingerprint density at radius 2 is 2.33 bits per heavy atom. The molecule has 1 aliphatic rings. The van der Waals surface area contributed by atoms with Gasteiger partial charge in [-0.05, 0) is 34.1 Å². The Morgan fingerprint density at radius 3 is 2.80 bits per heavy atom. The molecule has 0 unspecified atom stereocenters. The number of nitrogens with two attached hydrogens (primary N) is 1. The number of rotatable bonds is 1. The van der Waals surface area contributed by atoms with Crippen LogP contribution in [0.3, 0.4) is 0 Å². The van der Waals surface area contributed by atoms with Gasteiger partial charge in [-0.25, -0.2) is 0 Å². The molecule has 2 heterocycles. The highest BCUT2D eigenvalue weighted by atomic mass is 79.9. The van der Waals surface area contributed by atoms with Crippen molar-refractivity contribution in [1.29, 1.82) is 0 Å². The number of hydrogen-bond acceptors (Lipinski definition) is 4. The molecule has 0 aliphatic carbocycles. The first kappa shape index (κ1) is 10.4. The number of carbonyl (C=O) groups is 1. The fourth-order valence-electron chi connectivity index (χ4n) is 1.20. The standard InChI is InChI=1S/C9H8BrN3OS/c1-13-6(8(14)12-9(13)11)4-5-2-3-7(10)15-5/h2-4H,1H3,(H2,11,12,14)/b6-4-. The molecule has 0 saturated heterocycles. The van der Waals surface area contributed by atoms with Crippen molar-refractivity contribution < 1.29 is 4.79 Å². The molecule has 4 nitrogen and oxygen atoms in total. The van der Waals surface area contributed by atoms with E-state index < -0.39 is 0 Å². The molecule has 0 atom stereocenters. The number of guanidine groups is 1.